The molecule has 0 aliphatic rings. The summed E-state index contributed by atoms with van der Waals surface area (Å²) in [5.41, 5.74) is 0. The van der Waals surface area contributed by atoms with E-state index >= 15 is 0 Å². The Bertz CT molecular complexity index is 1330. The molecule has 0 saturated heterocycles. The smallest absolute Gasteiger partial charge is 0.306 e. The van der Waals surface area contributed by atoms with Gasteiger partial charge < -0.3 is 14.2 Å². The van der Waals surface area contributed by atoms with Gasteiger partial charge in [0.05, 0.1) is 0 Å². The molecule has 0 bridgehead atoms. The Morgan fingerprint density at radius 1 is 0.349 bits per heavy atom. The van der Waals surface area contributed by atoms with Crippen molar-refractivity contribution >= 4 is 17.9 Å². The van der Waals surface area contributed by atoms with Crippen molar-refractivity contribution < 1.29 is 28.6 Å². The van der Waals surface area contributed by atoms with Gasteiger partial charge in [0.1, 0.15) is 13.2 Å². The second kappa shape index (κ2) is 50.7. The molecule has 0 saturated carbocycles. The molecule has 0 radical (unpaired) electrons. The zero-order chi connectivity index (χ0) is 45.8. The van der Waals surface area contributed by atoms with E-state index in [0.29, 0.717) is 19.3 Å². The summed E-state index contributed by atoms with van der Waals surface area (Å²) in [6.45, 7) is 6.28. The molecule has 6 nitrogen and oxygen atoms in total. The summed E-state index contributed by atoms with van der Waals surface area (Å²) in [5.74, 6) is -1.02. The molecule has 0 aliphatic heterocycles. The van der Waals surface area contributed by atoms with Crippen LogP contribution in [0.2, 0.25) is 0 Å². The first-order valence-corrected chi connectivity index (χ1v) is 25.5. The number of ether oxygens (including phenoxy) is 3. The molecule has 6 heteroatoms. The van der Waals surface area contributed by atoms with Gasteiger partial charge in [-0.05, 0) is 89.9 Å². The van der Waals surface area contributed by atoms with E-state index in [9.17, 15) is 14.4 Å². The molecule has 0 aliphatic carbocycles. The molecule has 1 unspecified atom stereocenters. The highest BCUT2D eigenvalue weighted by Gasteiger charge is 2.19. The normalized spacial score (nSPS) is 13.0. The summed E-state index contributed by atoms with van der Waals surface area (Å²) in [7, 11) is 0. The lowest BCUT2D eigenvalue weighted by Gasteiger charge is -2.18. The zero-order valence-electron chi connectivity index (χ0n) is 40.5. The Labute approximate surface area is 387 Å². The van der Waals surface area contributed by atoms with E-state index in [1.54, 1.807) is 0 Å². The van der Waals surface area contributed by atoms with Gasteiger partial charge in [-0.3, -0.25) is 14.4 Å². The minimum atomic E-state index is -0.818. The molecule has 0 rings (SSSR count). The number of carbonyl (C=O) groups is 3. The minimum Gasteiger partial charge on any atom is -0.462 e. The second-order valence-corrected chi connectivity index (χ2v) is 16.4. The molecule has 356 valence electrons. The van der Waals surface area contributed by atoms with Crippen LogP contribution in [0.4, 0.5) is 0 Å². The Hall–Kier alpha value is -3.93. The Morgan fingerprint density at radius 3 is 1.22 bits per heavy atom. The molecule has 0 fully saturated rings. The first-order chi connectivity index (χ1) is 31.0. The number of esters is 3. The van der Waals surface area contributed by atoms with Crippen LogP contribution in [0.3, 0.4) is 0 Å². The highest BCUT2D eigenvalue weighted by atomic mass is 16.6. The largest absolute Gasteiger partial charge is 0.462 e. The van der Waals surface area contributed by atoms with Crippen molar-refractivity contribution in [3.05, 3.63) is 109 Å². The van der Waals surface area contributed by atoms with Gasteiger partial charge in [-0.1, -0.05) is 214 Å². The second-order valence-electron chi connectivity index (χ2n) is 16.4. The molecule has 0 aromatic carbocycles. The third-order valence-electron chi connectivity index (χ3n) is 10.4. The summed E-state index contributed by atoms with van der Waals surface area (Å²) < 4.78 is 16.7. The number of carbonyl (C=O) groups excluding carboxylic acids is 3. The Balaban J connectivity index is 4.52. The molecule has 0 aromatic heterocycles. The van der Waals surface area contributed by atoms with Gasteiger partial charge in [-0.15, -0.1) is 0 Å². The van der Waals surface area contributed by atoms with E-state index in [-0.39, 0.29) is 37.5 Å². The van der Waals surface area contributed by atoms with Crippen LogP contribution in [0, 0.1) is 0 Å². The molecule has 0 spiro atoms. The quantitative estimate of drug-likeness (QED) is 0.0199. The van der Waals surface area contributed by atoms with E-state index in [0.717, 1.165) is 96.3 Å². The highest BCUT2D eigenvalue weighted by molar-refractivity contribution is 5.71. The van der Waals surface area contributed by atoms with Crippen molar-refractivity contribution in [2.75, 3.05) is 13.2 Å². The number of allylic oxidation sites excluding steroid dienone is 18. The van der Waals surface area contributed by atoms with Crippen LogP contribution in [0.5, 0.6) is 0 Å². The zero-order valence-corrected chi connectivity index (χ0v) is 40.5. The third-order valence-corrected chi connectivity index (χ3v) is 10.4. The lowest BCUT2D eigenvalue weighted by atomic mass is 10.1. The van der Waals surface area contributed by atoms with Crippen molar-refractivity contribution in [1.29, 1.82) is 0 Å². The number of hydrogen-bond donors (Lipinski definition) is 0. The lowest BCUT2D eigenvalue weighted by Crippen LogP contribution is -2.30. The van der Waals surface area contributed by atoms with Crippen LogP contribution in [-0.4, -0.2) is 37.2 Å². The standard InChI is InChI=1S/C57H92O6/c1-4-7-10-13-16-19-22-25-27-29-32-35-38-41-44-47-50-56(59)62-53-54(52-61-55(58)49-46-43-40-37-34-31-24-21-18-15-12-9-6-3)63-57(60)51-48-45-42-39-36-33-30-28-26-23-20-17-14-11-8-5-2/h7,9-10,12,15-16,18-19,21,24-25,27-28,30-31,34,37,40,54H,4-6,8,11,13-14,17,20,22-23,26,29,32-33,35-36,38-39,41-53H2,1-3H3/b10-7-,12-9-,18-15-,19-16-,24-21-,27-25-,30-28-,34-31-,40-37-. The van der Waals surface area contributed by atoms with Gasteiger partial charge in [-0.25, -0.2) is 0 Å². The summed E-state index contributed by atoms with van der Waals surface area (Å²) in [6.07, 6.45) is 67.9. The van der Waals surface area contributed by atoms with Gasteiger partial charge >= 0.3 is 17.9 Å². The van der Waals surface area contributed by atoms with E-state index < -0.39 is 6.10 Å². The maximum atomic E-state index is 12.8. The van der Waals surface area contributed by atoms with Gasteiger partial charge in [0.15, 0.2) is 6.10 Å². The number of unbranched alkanes of at least 4 members (excludes halogenated alkanes) is 19. The van der Waals surface area contributed by atoms with Crippen molar-refractivity contribution in [3.63, 3.8) is 0 Å². The van der Waals surface area contributed by atoms with Gasteiger partial charge in [0.25, 0.3) is 0 Å². The fourth-order valence-electron chi connectivity index (χ4n) is 6.60. The van der Waals surface area contributed by atoms with E-state index in [2.05, 4.69) is 75.5 Å². The third kappa shape index (κ3) is 49.0. The fourth-order valence-corrected chi connectivity index (χ4v) is 6.60. The first kappa shape index (κ1) is 59.1. The summed E-state index contributed by atoms with van der Waals surface area (Å²) in [6, 6.07) is 0. The molecule has 63 heavy (non-hydrogen) atoms. The van der Waals surface area contributed by atoms with Crippen LogP contribution in [0.1, 0.15) is 213 Å². The maximum Gasteiger partial charge on any atom is 0.306 e. The fraction of sp³-hybridized carbons (Fsp3) is 0.632. The molecule has 0 aromatic rings. The predicted octanol–water partition coefficient (Wildman–Crippen LogP) is 16.8. The van der Waals surface area contributed by atoms with Crippen molar-refractivity contribution in [2.24, 2.45) is 0 Å². The topological polar surface area (TPSA) is 78.9 Å². The van der Waals surface area contributed by atoms with Gasteiger partial charge in [-0.2, -0.15) is 0 Å². The van der Waals surface area contributed by atoms with Crippen molar-refractivity contribution in [2.45, 2.75) is 219 Å². The van der Waals surface area contributed by atoms with Crippen LogP contribution < -0.4 is 0 Å². The number of hydrogen-bond acceptors (Lipinski definition) is 6. The average molecular weight is 873 g/mol. The SMILES string of the molecule is CC\C=C/C=C\C=C/C=C\C=C/CCCC(=O)OCC(COC(=O)CCCCCCCC/C=C\C/C=C\C/C=C\CC)OC(=O)CCCCCCC/C=C\CCCCCCCCC. The molecule has 0 amide bonds. The first-order valence-electron chi connectivity index (χ1n) is 25.5. The summed E-state index contributed by atoms with van der Waals surface area (Å²) in [5, 5.41) is 0. The Kier molecular flexibility index (Phi) is 47.5. The van der Waals surface area contributed by atoms with Crippen molar-refractivity contribution in [3.8, 4) is 0 Å². The molecular weight excluding hydrogens is 781 g/mol. The van der Waals surface area contributed by atoms with E-state index in [1.807, 2.05) is 54.7 Å². The average Bonchev–Trinajstić information content (AvgIpc) is 3.28. The van der Waals surface area contributed by atoms with E-state index in [4.69, 9.17) is 14.2 Å². The monoisotopic (exact) mass is 873 g/mol. The van der Waals surface area contributed by atoms with Crippen molar-refractivity contribution in [1.82, 2.24) is 0 Å². The maximum absolute atomic E-state index is 12.8. The van der Waals surface area contributed by atoms with Gasteiger partial charge in [0.2, 0.25) is 0 Å². The van der Waals surface area contributed by atoms with Crippen LogP contribution in [0.15, 0.2) is 109 Å². The summed E-state index contributed by atoms with van der Waals surface area (Å²) >= 11 is 0. The predicted molar refractivity (Wildman–Crippen MR) is 270 cm³/mol. The molecule has 1 atom stereocenters. The number of rotatable bonds is 44. The van der Waals surface area contributed by atoms with E-state index in [1.165, 1.54) is 70.6 Å². The molecule has 0 heterocycles. The van der Waals surface area contributed by atoms with Gasteiger partial charge in [0, 0.05) is 19.3 Å². The van der Waals surface area contributed by atoms with Crippen LogP contribution in [-0.2, 0) is 28.6 Å². The lowest BCUT2D eigenvalue weighted by molar-refractivity contribution is -0.167. The van der Waals surface area contributed by atoms with Crippen LogP contribution >= 0.6 is 0 Å². The summed E-state index contributed by atoms with van der Waals surface area (Å²) in [4.78, 5) is 37.9. The minimum absolute atomic E-state index is 0.113. The molecular formula is C57H92O6. The Morgan fingerprint density at radius 2 is 0.714 bits per heavy atom. The van der Waals surface area contributed by atoms with Crippen LogP contribution in [0.25, 0.3) is 0 Å². The highest BCUT2D eigenvalue weighted by Crippen LogP contribution is 2.13. The molecule has 0 N–H and O–H groups in total.